The SMILES string of the molecule is NC1(C(=O)N2CCOC(c3ccccc3Br)C2)CC1. The van der Waals surface area contributed by atoms with Crippen LogP contribution in [0.25, 0.3) is 0 Å². The maximum absolute atomic E-state index is 12.3. The van der Waals surface area contributed by atoms with Gasteiger partial charge in [0.1, 0.15) is 6.10 Å². The number of carbonyl (C=O) groups is 1. The van der Waals surface area contributed by atoms with Crippen molar-refractivity contribution in [3.05, 3.63) is 34.3 Å². The number of carbonyl (C=O) groups excluding carboxylic acids is 1. The summed E-state index contributed by atoms with van der Waals surface area (Å²) in [6.07, 6.45) is 1.54. The number of rotatable bonds is 2. The van der Waals surface area contributed by atoms with E-state index >= 15 is 0 Å². The second kappa shape index (κ2) is 4.89. The maximum atomic E-state index is 12.3. The van der Waals surface area contributed by atoms with E-state index in [4.69, 9.17) is 10.5 Å². The van der Waals surface area contributed by atoms with E-state index in [0.29, 0.717) is 19.7 Å². The molecule has 1 aliphatic heterocycles. The zero-order valence-corrected chi connectivity index (χ0v) is 12.2. The first-order chi connectivity index (χ1) is 9.10. The van der Waals surface area contributed by atoms with Gasteiger partial charge in [0.15, 0.2) is 0 Å². The molecule has 2 fully saturated rings. The van der Waals surface area contributed by atoms with Crippen LogP contribution >= 0.6 is 15.9 Å². The molecule has 1 saturated carbocycles. The van der Waals surface area contributed by atoms with Gasteiger partial charge in [0.25, 0.3) is 0 Å². The van der Waals surface area contributed by atoms with Gasteiger partial charge in [-0.15, -0.1) is 0 Å². The van der Waals surface area contributed by atoms with Gasteiger partial charge in [-0.3, -0.25) is 4.79 Å². The Labute approximate surface area is 121 Å². The smallest absolute Gasteiger partial charge is 0.242 e. The first kappa shape index (κ1) is 13.1. The highest BCUT2D eigenvalue weighted by Crippen LogP contribution is 2.36. The number of nitrogens with two attached hydrogens (primary N) is 1. The molecular weight excluding hydrogens is 308 g/mol. The van der Waals surface area contributed by atoms with E-state index in [1.807, 2.05) is 29.2 Å². The summed E-state index contributed by atoms with van der Waals surface area (Å²) in [7, 11) is 0. The summed E-state index contributed by atoms with van der Waals surface area (Å²) < 4.78 is 6.81. The molecule has 2 aliphatic rings. The van der Waals surface area contributed by atoms with Crippen LogP contribution < -0.4 is 5.73 Å². The number of nitrogens with zero attached hydrogens (tertiary/aromatic N) is 1. The highest BCUT2D eigenvalue weighted by Gasteiger charge is 2.48. The predicted octanol–water partition coefficient (Wildman–Crippen LogP) is 1.84. The van der Waals surface area contributed by atoms with Gasteiger partial charge < -0.3 is 15.4 Å². The molecule has 1 atom stereocenters. The van der Waals surface area contributed by atoms with Gasteiger partial charge >= 0.3 is 0 Å². The normalized spacial score (nSPS) is 25.2. The first-order valence-electron chi connectivity index (χ1n) is 6.54. The number of halogens is 1. The average molecular weight is 325 g/mol. The molecule has 1 aromatic carbocycles. The Bertz CT molecular complexity index is 502. The van der Waals surface area contributed by atoms with Crippen LogP contribution in [-0.2, 0) is 9.53 Å². The zero-order chi connectivity index (χ0) is 13.5. The van der Waals surface area contributed by atoms with Gasteiger partial charge in [-0.05, 0) is 24.5 Å². The molecule has 5 heteroatoms. The minimum atomic E-state index is -0.587. The fourth-order valence-electron chi connectivity index (χ4n) is 2.42. The summed E-state index contributed by atoms with van der Waals surface area (Å²) in [6, 6.07) is 7.97. The molecule has 4 nitrogen and oxygen atoms in total. The standard InChI is InChI=1S/C14H17BrN2O2/c15-11-4-2-1-3-10(11)12-9-17(7-8-19-12)13(18)14(16)5-6-14/h1-4,12H,5-9,16H2. The van der Waals surface area contributed by atoms with Crippen LogP contribution in [0.2, 0.25) is 0 Å². The molecular formula is C14H17BrN2O2. The number of hydrogen-bond acceptors (Lipinski definition) is 3. The Morgan fingerprint density at radius 2 is 2.16 bits per heavy atom. The van der Waals surface area contributed by atoms with Crippen molar-refractivity contribution >= 4 is 21.8 Å². The lowest BCUT2D eigenvalue weighted by Crippen LogP contribution is -2.50. The summed E-state index contributed by atoms with van der Waals surface area (Å²) in [4.78, 5) is 14.1. The van der Waals surface area contributed by atoms with Crippen LogP contribution in [0.4, 0.5) is 0 Å². The van der Waals surface area contributed by atoms with Crippen molar-refractivity contribution in [3.63, 3.8) is 0 Å². The van der Waals surface area contributed by atoms with Gasteiger partial charge in [0.05, 0.1) is 18.7 Å². The number of ether oxygens (including phenoxy) is 1. The monoisotopic (exact) mass is 324 g/mol. The van der Waals surface area contributed by atoms with E-state index in [2.05, 4.69) is 15.9 Å². The van der Waals surface area contributed by atoms with Crippen LogP contribution in [0, 0.1) is 0 Å². The molecule has 19 heavy (non-hydrogen) atoms. The van der Waals surface area contributed by atoms with Gasteiger partial charge in [-0.25, -0.2) is 0 Å². The molecule has 0 radical (unpaired) electrons. The third kappa shape index (κ3) is 2.55. The molecule has 1 heterocycles. The van der Waals surface area contributed by atoms with Gasteiger partial charge in [0, 0.05) is 11.0 Å². The van der Waals surface area contributed by atoms with E-state index in [0.717, 1.165) is 22.9 Å². The maximum Gasteiger partial charge on any atom is 0.242 e. The van der Waals surface area contributed by atoms with Crippen molar-refractivity contribution in [3.8, 4) is 0 Å². The van der Waals surface area contributed by atoms with Crippen molar-refractivity contribution in [2.24, 2.45) is 5.73 Å². The lowest BCUT2D eigenvalue weighted by atomic mass is 10.1. The van der Waals surface area contributed by atoms with Crippen LogP contribution in [0.1, 0.15) is 24.5 Å². The summed E-state index contributed by atoms with van der Waals surface area (Å²) in [6.45, 7) is 1.78. The van der Waals surface area contributed by atoms with E-state index in [9.17, 15) is 4.79 Å². The molecule has 1 unspecified atom stereocenters. The summed E-state index contributed by atoms with van der Waals surface area (Å²) >= 11 is 3.53. The topological polar surface area (TPSA) is 55.6 Å². The van der Waals surface area contributed by atoms with E-state index in [-0.39, 0.29) is 12.0 Å². The quantitative estimate of drug-likeness (QED) is 0.903. The lowest BCUT2D eigenvalue weighted by Gasteiger charge is -2.35. The van der Waals surface area contributed by atoms with Crippen LogP contribution in [0.3, 0.4) is 0 Å². The summed E-state index contributed by atoms with van der Waals surface area (Å²) in [5.74, 6) is 0.0767. The third-order valence-corrected chi connectivity index (χ3v) is 4.54. The molecule has 2 N–H and O–H groups in total. The Hall–Kier alpha value is -0.910. The van der Waals surface area contributed by atoms with E-state index < -0.39 is 5.54 Å². The van der Waals surface area contributed by atoms with Gasteiger partial charge in [-0.1, -0.05) is 34.1 Å². The second-order valence-corrected chi connectivity index (χ2v) is 6.14. The minimum absolute atomic E-state index is 0.0735. The summed E-state index contributed by atoms with van der Waals surface area (Å²) in [5, 5.41) is 0. The fourth-order valence-corrected chi connectivity index (χ4v) is 2.96. The van der Waals surface area contributed by atoms with Crippen LogP contribution in [0.15, 0.2) is 28.7 Å². The average Bonchev–Trinajstić information content (AvgIpc) is 3.18. The zero-order valence-electron chi connectivity index (χ0n) is 10.6. The Kier molecular flexibility index (Phi) is 3.37. The molecule has 1 aromatic rings. The predicted molar refractivity (Wildman–Crippen MR) is 75.6 cm³/mol. The molecule has 1 saturated heterocycles. The largest absolute Gasteiger partial charge is 0.370 e. The molecule has 1 aliphatic carbocycles. The van der Waals surface area contributed by atoms with Crippen molar-refractivity contribution in [1.29, 1.82) is 0 Å². The van der Waals surface area contributed by atoms with Crippen LogP contribution in [0.5, 0.6) is 0 Å². The van der Waals surface area contributed by atoms with Crippen molar-refractivity contribution in [1.82, 2.24) is 4.90 Å². The number of morpholine rings is 1. The fraction of sp³-hybridized carbons (Fsp3) is 0.500. The second-order valence-electron chi connectivity index (χ2n) is 5.29. The highest BCUT2D eigenvalue weighted by atomic mass is 79.9. The Balaban J connectivity index is 1.75. The number of hydrogen-bond donors (Lipinski definition) is 1. The Morgan fingerprint density at radius 1 is 1.42 bits per heavy atom. The van der Waals surface area contributed by atoms with Gasteiger partial charge in [-0.2, -0.15) is 0 Å². The van der Waals surface area contributed by atoms with E-state index in [1.165, 1.54) is 0 Å². The molecule has 0 bridgehead atoms. The molecule has 0 spiro atoms. The summed E-state index contributed by atoms with van der Waals surface area (Å²) in [5.41, 5.74) is 6.49. The van der Waals surface area contributed by atoms with E-state index in [1.54, 1.807) is 0 Å². The molecule has 3 rings (SSSR count). The first-order valence-corrected chi connectivity index (χ1v) is 7.34. The Morgan fingerprint density at radius 3 is 2.84 bits per heavy atom. The van der Waals surface area contributed by atoms with Gasteiger partial charge in [0.2, 0.25) is 5.91 Å². The minimum Gasteiger partial charge on any atom is -0.370 e. The van der Waals surface area contributed by atoms with Crippen molar-refractivity contribution in [2.45, 2.75) is 24.5 Å². The molecule has 1 amide bonds. The molecule has 0 aromatic heterocycles. The number of benzene rings is 1. The number of amides is 1. The van der Waals surface area contributed by atoms with Crippen molar-refractivity contribution < 1.29 is 9.53 Å². The highest BCUT2D eigenvalue weighted by molar-refractivity contribution is 9.10. The third-order valence-electron chi connectivity index (χ3n) is 3.82. The lowest BCUT2D eigenvalue weighted by molar-refractivity contribution is -0.141. The van der Waals surface area contributed by atoms with Crippen LogP contribution in [-0.4, -0.2) is 36.0 Å². The van der Waals surface area contributed by atoms with Crippen molar-refractivity contribution in [2.75, 3.05) is 19.7 Å². The molecule has 102 valence electrons.